The number of hydrogen-bond donors (Lipinski definition) is 1. The van der Waals surface area contributed by atoms with E-state index in [-0.39, 0.29) is 23.9 Å². The molecule has 1 amide bonds. The first-order valence-corrected chi connectivity index (χ1v) is 12.5. The number of carbonyl (C=O) groups excluding carboxylic acids is 1. The van der Waals surface area contributed by atoms with E-state index in [1.54, 1.807) is 24.3 Å². The molecule has 5 nitrogen and oxygen atoms in total. The van der Waals surface area contributed by atoms with E-state index in [1.165, 1.54) is 4.31 Å². The first kappa shape index (κ1) is 24.2. The van der Waals surface area contributed by atoms with Crippen molar-refractivity contribution in [3.05, 3.63) is 93.0 Å². The topological polar surface area (TPSA) is 66.5 Å². The Morgan fingerprint density at radius 2 is 1.53 bits per heavy atom. The number of hydrogen-bond acceptors (Lipinski definition) is 3. The Hall–Kier alpha value is -2.48. The number of benzene rings is 3. The van der Waals surface area contributed by atoms with Crippen molar-refractivity contribution >= 4 is 37.5 Å². The molecule has 3 aromatic carbocycles. The lowest BCUT2D eigenvalue weighted by atomic mass is 10.1. The zero-order valence-electron chi connectivity index (χ0n) is 18.6. The highest BCUT2D eigenvalue weighted by atomic mass is 79.9. The molecule has 0 unspecified atom stereocenters. The predicted molar refractivity (Wildman–Crippen MR) is 132 cm³/mol. The third-order valence-electron chi connectivity index (χ3n) is 5.18. The molecule has 0 aliphatic heterocycles. The largest absolute Gasteiger partial charge is 0.324 e. The molecule has 3 aromatic rings. The minimum atomic E-state index is -3.88. The van der Waals surface area contributed by atoms with Gasteiger partial charge < -0.3 is 5.32 Å². The molecule has 0 heterocycles. The summed E-state index contributed by atoms with van der Waals surface area (Å²) in [6.45, 7) is 7.47. The monoisotopic (exact) mass is 514 g/mol. The number of nitrogens with one attached hydrogen (secondary N) is 1. The highest BCUT2D eigenvalue weighted by molar-refractivity contribution is 9.10. The number of amides is 1. The Balaban J connectivity index is 1.91. The number of nitrogens with zero attached hydrogens (tertiary/aromatic N) is 1. The van der Waals surface area contributed by atoms with Gasteiger partial charge in [-0.15, -0.1) is 0 Å². The Morgan fingerprint density at radius 1 is 0.906 bits per heavy atom. The van der Waals surface area contributed by atoms with Gasteiger partial charge in [-0.25, -0.2) is 8.42 Å². The van der Waals surface area contributed by atoms with Crippen LogP contribution in [0.5, 0.6) is 0 Å². The van der Waals surface area contributed by atoms with Crippen LogP contribution >= 0.6 is 15.9 Å². The molecule has 0 bridgehead atoms. The third-order valence-corrected chi connectivity index (χ3v) is 7.45. The van der Waals surface area contributed by atoms with Crippen LogP contribution in [-0.2, 0) is 21.4 Å². The maximum atomic E-state index is 13.4. The third kappa shape index (κ3) is 5.85. The van der Waals surface area contributed by atoms with Gasteiger partial charge in [-0.1, -0.05) is 63.5 Å². The Morgan fingerprint density at radius 3 is 2.12 bits per heavy atom. The van der Waals surface area contributed by atoms with Crippen molar-refractivity contribution in [1.82, 2.24) is 4.31 Å². The van der Waals surface area contributed by atoms with E-state index < -0.39 is 10.0 Å². The molecule has 0 spiro atoms. The van der Waals surface area contributed by atoms with Crippen LogP contribution in [-0.4, -0.2) is 25.2 Å². The highest BCUT2D eigenvalue weighted by Gasteiger charge is 2.27. The van der Waals surface area contributed by atoms with Gasteiger partial charge >= 0.3 is 0 Å². The van der Waals surface area contributed by atoms with Gasteiger partial charge in [0.2, 0.25) is 15.9 Å². The van der Waals surface area contributed by atoms with E-state index in [0.29, 0.717) is 5.69 Å². The lowest BCUT2D eigenvalue weighted by Crippen LogP contribution is -2.37. The summed E-state index contributed by atoms with van der Waals surface area (Å²) < 4.78 is 29.0. The normalized spacial score (nSPS) is 11.6. The van der Waals surface area contributed by atoms with E-state index >= 15 is 0 Å². The van der Waals surface area contributed by atoms with Gasteiger partial charge in [0.25, 0.3) is 0 Å². The minimum Gasteiger partial charge on any atom is -0.324 e. The van der Waals surface area contributed by atoms with Gasteiger partial charge in [0.15, 0.2) is 0 Å². The summed E-state index contributed by atoms with van der Waals surface area (Å²) in [5, 5.41) is 2.90. The summed E-state index contributed by atoms with van der Waals surface area (Å²) >= 11 is 3.45. The summed E-state index contributed by atoms with van der Waals surface area (Å²) in [4.78, 5) is 13.1. The second-order valence-corrected chi connectivity index (χ2v) is 10.9. The van der Waals surface area contributed by atoms with Crippen molar-refractivity contribution in [3.8, 4) is 0 Å². The summed E-state index contributed by atoms with van der Waals surface area (Å²) in [6.07, 6.45) is 0. The van der Waals surface area contributed by atoms with Crippen molar-refractivity contribution in [2.75, 3.05) is 11.9 Å². The Bertz CT molecular complexity index is 1220. The molecule has 0 atom stereocenters. The molecule has 0 aromatic heterocycles. The van der Waals surface area contributed by atoms with Gasteiger partial charge in [-0.05, 0) is 68.7 Å². The van der Waals surface area contributed by atoms with Crippen LogP contribution < -0.4 is 5.32 Å². The fraction of sp³-hybridized carbons (Fsp3) is 0.240. The maximum absolute atomic E-state index is 13.4. The van der Waals surface area contributed by atoms with Crippen molar-refractivity contribution in [2.24, 2.45) is 0 Å². The van der Waals surface area contributed by atoms with Gasteiger partial charge in [-0.2, -0.15) is 4.31 Å². The smallest absolute Gasteiger partial charge is 0.243 e. The van der Waals surface area contributed by atoms with E-state index in [0.717, 1.165) is 32.3 Å². The molecule has 7 heteroatoms. The summed E-state index contributed by atoms with van der Waals surface area (Å²) in [5.41, 5.74) is 5.31. The predicted octanol–water partition coefficient (Wildman–Crippen LogP) is 5.51. The quantitative estimate of drug-likeness (QED) is 0.451. The number of carbonyl (C=O) groups is 1. The number of halogens is 1. The summed E-state index contributed by atoms with van der Waals surface area (Å²) in [7, 11) is -3.88. The lowest BCUT2D eigenvalue weighted by Gasteiger charge is -2.23. The van der Waals surface area contributed by atoms with Crippen molar-refractivity contribution in [3.63, 3.8) is 0 Å². The van der Waals surface area contributed by atoms with Crippen LogP contribution in [0, 0.1) is 27.7 Å². The fourth-order valence-electron chi connectivity index (χ4n) is 3.55. The molecule has 0 fully saturated rings. The first-order chi connectivity index (χ1) is 15.1. The molecule has 0 aliphatic rings. The second kappa shape index (κ2) is 9.98. The number of rotatable bonds is 7. The van der Waals surface area contributed by atoms with E-state index in [2.05, 4.69) is 21.2 Å². The van der Waals surface area contributed by atoms with Gasteiger partial charge in [0.1, 0.15) is 0 Å². The van der Waals surface area contributed by atoms with Crippen LogP contribution in [0.25, 0.3) is 0 Å². The molecular weight excluding hydrogens is 488 g/mol. The molecule has 0 radical (unpaired) electrons. The van der Waals surface area contributed by atoms with Crippen LogP contribution in [0.4, 0.5) is 5.69 Å². The standard InChI is InChI=1S/C25H27BrN2O3S/c1-17-8-10-23(11-9-17)32(30,31)28(15-21-7-5-6-18(2)12-21)16-24(29)27-25-19(3)13-22(26)14-20(25)4/h5-14H,15-16H2,1-4H3,(H,27,29). The van der Waals surface area contributed by atoms with Crippen molar-refractivity contribution < 1.29 is 13.2 Å². The van der Waals surface area contributed by atoms with E-state index in [1.807, 2.05) is 64.1 Å². The van der Waals surface area contributed by atoms with Crippen molar-refractivity contribution in [1.29, 1.82) is 0 Å². The number of sulfonamides is 1. The van der Waals surface area contributed by atoms with Crippen LogP contribution in [0.1, 0.15) is 27.8 Å². The molecule has 0 saturated carbocycles. The number of anilines is 1. The molecule has 168 valence electrons. The molecule has 3 rings (SSSR count). The van der Waals surface area contributed by atoms with E-state index in [9.17, 15) is 13.2 Å². The highest BCUT2D eigenvalue weighted by Crippen LogP contribution is 2.26. The van der Waals surface area contributed by atoms with E-state index in [4.69, 9.17) is 0 Å². The zero-order valence-corrected chi connectivity index (χ0v) is 21.0. The average Bonchev–Trinajstić information content (AvgIpc) is 2.70. The maximum Gasteiger partial charge on any atom is 0.243 e. The molecule has 0 saturated heterocycles. The average molecular weight is 515 g/mol. The summed E-state index contributed by atoms with van der Waals surface area (Å²) in [6, 6.07) is 18.1. The van der Waals surface area contributed by atoms with Gasteiger partial charge in [0.05, 0.1) is 11.4 Å². The summed E-state index contributed by atoms with van der Waals surface area (Å²) in [5.74, 6) is -0.387. The van der Waals surface area contributed by atoms with Crippen LogP contribution in [0.15, 0.2) is 70.0 Å². The lowest BCUT2D eigenvalue weighted by molar-refractivity contribution is -0.116. The molecule has 32 heavy (non-hydrogen) atoms. The van der Waals surface area contributed by atoms with Gasteiger partial charge in [0, 0.05) is 16.7 Å². The fourth-order valence-corrected chi connectivity index (χ4v) is 5.62. The van der Waals surface area contributed by atoms with Gasteiger partial charge in [-0.3, -0.25) is 4.79 Å². The minimum absolute atomic E-state index is 0.101. The second-order valence-electron chi connectivity index (χ2n) is 8.04. The van der Waals surface area contributed by atoms with Crippen molar-refractivity contribution in [2.45, 2.75) is 39.1 Å². The zero-order chi connectivity index (χ0) is 23.5. The molecule has 0 aliphatic carbocycles. The molecule has 1 N–H and O–H groups in total. The number of aryl methyl sites for hydroxylation is 4. The Kier molecular flexibility index (Phi) is 7.54. The van der Waals surface area contributed by atoms with Crippen LogP contribution in [0.3, 0.4) is 0 Å². The molecular formula is C25H27BrN2O3S. The SMILES string of the molecule is Cc1ccc(S(=O)(=O)N(CC(=O)Nc2c(C)cc(Br)cc2C)Cc2cccc(C)c2)cc1. The first-order valence-electron chi connectivity index (χ1n) is 10.3. The Labute approximate surface area is 198 Å². The van der Waals surface area contributed by atoms with Crippen LogP contribution in [0.2, 0.25) is 0 Å².